The molecule has 1 heterocycles. The molecule has 1 aromatic heterocycles. The minimum atomic E-state index is -0.169. The van der Waals surface area contributed by atoms with E-state index in [2.05, 4.69) is 22.6 Å². The monoisotopic (exact) mass is 450 g/mol. The molecule has 0 saturated carbocycles. The first kappa shape index (κ1) is 15.2. The van der Waals surface area contributed by atoms with E-state index in [0.717, 1.165) is 3.57 Å². The first-order chi connectivity index (χ1) is 9.95. The van der Waals surface area contributed by atoms with Gasteiger partial charge in [0.2, 0.25) is 0 Å². The largest absolute Gasteiger partial charge is 0.455 e. The summed E-state index contributed by atoms with van der Waals surface area (Å²) in [5, 5.41) is 1.89. The van der Waals surface area contributed by atoms with Gasteiger partial charge in [0.15, 0.2) is 11.0 Å². The Kier molecular flexibility index (Phi) is 4.19. The molecule has 0 spiro atoms. The van der Waals surface area contributed by atoms with E-state index in [1.165, 1.54) is 6.07 Å². The summed E-state index contributed by atoms with van der Waals surface area (Å²) < 4.78 is 6.60. The quantitative estimate of drug-likeness (QED) is 0.423. The molecule has 2 aromatic carbocycles. The van der Waals surface area contributed by atoms with Crippen molar-refractivity contribution in [1.29, 1.82) is 0 Å². The van der Waals surface area contributed by atoms with Gasteiger partial charge >= 0.3 is 0 Å². The highest BCUT2D eigenvalue weighted by molar-refractivity contribution is 14.1. The van der Waals surface area contributed by atoms with Crippen LogP contribution in [0.2, 0.25) is 15.1 Å². The van der Waals surface area contributed by atoms with Crippen LogP contribution in [-0.4, -0.2) is 0 Å². The number of hydrogen-bond donors (Lipinski definition) is 0. The average molecular weight is 451 g/mol. The lowest BCUT2D eigenvalue weighted by atomic mass is 10.1. The van der Waals surface area contributed by atoms with Crippen LogP contribution in [0.1, 0.15) is 0 Å². The van der Waals surface area contributed by atoms with E-state index in [1.807, 2.05) is 0 Å². The summed E-state index contributed by atoms with van der Waals surface area (Å²) in [4.78, 5) is 12.3. The fourth-order valence-electron chi connectivity index (χ4n) is 2.01. The van der Waals surface area contributed by atoms with Gasteiger partial charge < -0.3 is 4.42 Å². The number of rotatable bonds is 1. The normalized spacial score (nSPS) is 11.0. The van der Waals surface area contributed by atoms with Gasteiger partial charge in [-0.1, -0.05) is 34.8 Å². The van der Waals surface area contributed by atoms with Gasteiger partial charge in [0.25, 0.3) is 0 Å². The summed E-state index contributed by atoms with van der Waals surface area (Å²) in [5.74, 6) is 0.398. The summed E-state index contributed by atoms with van der Waals surface area (Å²) in [6.45, 7) is 0. The van der Waals surface area contributed by atoms with Gasteiger partial charge in [0, 0.05) is 21.7 Å². The van der Waals surface area contributed by atoms with Gasteiger partial charge in [0.1, 0.15) is 5.76 Å². The molecule has 0 atom stereocenters. The Labute approximate surface area is 148 Å². The maximum atomic E-state index is 12.3. The number of fused-ring (bicyclic) bond motifs is 1. The molecular weight excluding hydrogens is 445 g/mol. The Morgan fingerprint density at radius 1 is 0.952 bits per heavy atom. The zero-order chi connectivity index (χ0) is 15.1. The van der Waals surface area contributed by atoms with Crippen LogP contribution in [-0.2, 0) is 0 Å². The van der Waals surface area contributed by atoms with Gasteiger partial charge in [-0.15, -0.1) is 0 Å². The van der Waals surface area contributed by atoms with E-state index in [-0.39, 0.29) is 5.43 Å². The predicted molar refractivity (Wildman–Crippen MR) is 95.7 cm³/mol. The van der Waals surface area contributed by atoms with Crippen LogP contribution < -0.4 is 5.43 Å². The molecule has 6 heteroatoms. The maximum Gasteiger partial charge on any atom is 0.193 e. The lowest BCUT2D eigenvalue weighted by molar-refractivity contribution is 0.617. The summed E-state index contributed by atoms with van der Waals surface area (Å²) in [6.07, 6.45) is 0. The molecule has 0 aliphatic carbocycles. The van der Waals surface area contributed by atoms with Crippen molar-refractivity contribution in [3.05, 3.63) is 65.3 Å². The third kappa shape index (κ3) is 2.93. The van der Waals surface area contributed by atoms with Crippen molar-refractivity contribution in [2.75, 3.05) is 0 Å². The van der Waals surface area contributed by atoms with Crippen molar-refractivity contribution in [3.63, 3.8) is 0 Å². The summed E-state index contributed by atoms with van der Waals surface area (Å²) in [7, 11) is 0. The van der Waals surface area contributed by atoms with Crippen molar-refractivity contribution in [3.8, 4) is 11.3 Å². The van der Waals surface area contributed by atoms with E-state index in [0.29, 0.717) is 37.4 Å². The second kappa shape index (κ2) is 5.80. The van der Waals surface area contributed by atoms with E-state index >= 15 is 0 Å². The van der Waals surface area contributed by atoms with Gasteiger partial charge in [-0.2, -0.15) is 0 Å². The minimum absolute atomic E-state index is 0.169. The standard InChI is InChI=1S/C15H6Cl3IO2/c16-7-1-2-9(11(18)4-7)14-6-13(20)10-3-8(17)5-12(19)15(10)21-14/h1-6H. The Hall–Kier alpha value is -0.750. The van der Waals surface area contributed by atoms with E-state index in [9.17, 15) is 4.79 Å². The molecule has 21 heavy (non-hydrogen) atoms. The Bertz CT molecular complexity index is 919. The molecule has 0 fully saturated rings. The Balaban J connectivity index is 2.33. The van der Waals surface area contributed by atoms with Crippen LogP contribution in [0.3, 0.4) is 0 Å². The van der Waals surface area contributed by atoms with Crippen molar-refractivity contribution < 1.29 is 4.42 Å². The first-order valence-corrected chi connectivity index (χ1v) is 8.05. The van der Waals surface area contributed by atoms with Crippen LogP contribution >= 0.6 is 57.4 Å². The predicted octanol–water partition coefficient (Wildman–Crippen LogP) is 6.02. The van der Waals surface area contributed by atoms with Crippen molar-refractivity contribution in [1.82, 2.24) is 0 Å². The van der Waals surface area contributed by atoms with Crippen LogP contribution in [0.25, 0.3) is 22.3 Å². The second-order valence-electron chi connectivity index (χ2n) is 4.36. The van der Waals surface area contributed by atoms with Crippen LogP contribution in [0.15, 0.2) is 45.6 Å². The van der Waals surface area contributed by atoms with Gasteiger partial charge in [-0.25, -0.2) is 0 Å². The molecule has 3 aromatic rings. The molecule has 0 amide bonds. The number of hydrogen-bond acceptors (Lipinski definition) is 2. The molecule has 106 valence electrons. The smallest absolute Gasteiger partial charge is 0.193 e. The van der Waals surface area contributed by atoms with Crippen LogP contribution in [0.4, 0.5) is 0 Å². The van der Waals surface area contributed by atoms with Crippen LogP contribution in [0.5, 0.6) is 0 Å². The zero-order valence-electron chi connectivity index (χ0n) is 10.3. The van der Waals surface area contributed by atoms with E-state index < -0.39 is 0 Å². The Morgan fingerprint density at radius 3 is 2.43 bits per heavy atom. The lowest BCUT2D eigenvalue weighted by Gasteiger charge is -2.07. The molecule has 0 saturated heterocycles. The second-order valence-corrected chi connectivity index (χ2v) is 6.81. The highest BCUT2D eigenvalue weighted by Crippen LogP contribution is 2.32. The molecule has 0 radical (unpaired) electrons. The summed E-state index contributed by atoms with van der Waals surface area (Å²) in [6, 6.07) is 9.76. The molecule has 0 N–H and O–H groups in total. The molecule has 0 bridgehead atoms. The molecule has 3 rings (SSSR count). The fraction of sp³-hybridized carbons (Fsp3) is 0. The lowest BCUT2D eigenvalue weighted by Crippen LogP contribution is -2.01. The third-order valence-corrected chi connectivity index (χ3v) is 4.51. The van der Waals surface area contributed by atoms with Gasteiger partial charge in [-0.05, 0) is 52.9 Å². The first-order valence-electron chi connectivity index (χ1n) is 5.84. The SMILES string of the molecule is O=c1cc(-c2ccc(Cl)cc2Cl)oc2c(I)cc(Cl)cc12. The minimum Gasteiger partial charge on any atom is -0.455 e. The fourth-order valence-corrected chi connectivity index (χ4v) is 3.65. The topological polar surface area (TPSA) is 30.2 Å². The van der Waals surface area contributed by atoms with Crippen LogP contribution in [0, 0.1) is 3.57 Å². The van der Waals surface area contributed by atoms with Gasteiger partial charge in [0.05, 0.1) is 14.0 Å². The maximum absolute atomic E-state index is 12.3. The van der Waals surface area contributed by atoms with Crippen molar-refractivity contribution in [2.24, 2.45) is 0 Å². The summed E-state index contributed by atoms with van der Waals surface area (Å²) >= 11 is 20.1. The molecule has 0 aliphatic heterocycles. The third-order valence-electron chi connectivity index (χ3n) is 2.94. The molecule has 0 aliphatic rings. The number of benzene rings is 2. The highest BCUT2D eigenvalue weighted by Gasteiger charge is 2.13. The van der Waals surface area contributed by atoms with E-state index in [4.69, 9.17) is 39.2 Å². The Morgan fingerprint density at radius 2 is 1.71 bits per heavy atom. The molecular formula is C15H6Cl3IO2. The van der Waals surface area contributed by atoms with Gasteiger partial charge in [-0.3, -0.25) is 4.79 Å². The van der Waals surface area contributed by atoms with Crippen molar-refractivity contribution in [2.45, 2.75) is 0 Å². The zero-order valence-corrected chi connectivity index (χ0v) is 14.7. The average Bonchev–Trinajstić information content (AvgIpc) is 2.40. The summed E-state index contributed by atoms with van der Waals surface area (Å²) in [5.41, 5.74) is 0.942. The van der Waals surface area contributed by atoms with E-state index in [1.54, 1.807) is 30.3 Å². The number of halogens is 4. The van der Waals surface area contributed by atoms with Crippen molar-refractivity contribution >= 4 is 68.4 Å². The highest BCUT2D eigenvalue weighted by atomic mass is 127. The molecule has 0 unspecified atom stereocenters. The molecule has 2 nitrogen and oxygen atoms in total.